The highest BCUT2D eigenvalue weighted by atomic mass is 19.1. The molecule has 0 saturated carbocycles. The van der Waals surface area contributed by atoms with Crippen LogP contribution in [0.15, 0.2) is 12.1 Å². The van der Waals surface area contributed by atoms with Gasteiger partial charge in [0.05, 0.1) is 0 Å². The van der Waals surface area contributed by atoms with Crippen molar-refractivity contribution in [1.29, 1.82) is 0 Å². The van der Waals surface area contributed by atoms with Crippen molar-refractivity contribution in [2.24, 2.45) is 0 Å². The zero-order chi connectivity index (χ0) is 9.42. The van der Waals surface area contributed by atoms with Gasteiger partial charge in [-0.2, -0.15) is 0 Å². The summed E-state index contributed by atoms with van der Waals surface area (Å²) in [6.45, 7) is 1.46. The van der Waals surface area contributed by atoms with Gasteiger partial charge in [-0.3, -0.25) is 0 Å². The van der Waals surface area contributed by atoms with Gasteiger partial charge in [-0.05, 0) is 25.1 Å². The predicted molar refractivity (Wildman–Crippen MR) is 46.4 cm³/mol. The van der Waals surface area contributed by atoms with Crippen LogP contribution < -0.4 is 0 Å². The summed E-state index contributed by atoms with van der Waals surface area (Å²) in [7, 11) is 1.94. The summed E-state index contributed by atoms with van der Waals surface area (Å²) in [5, 5.41) is 0. The Labute approximate surface area is 76.0 Å². The smallest absolute Gasteiger partial charge is 0.130 e. The van der Waals surface area contributed by atoms with Gasteiger partial charge in [-0.1, -0.05) is 0 Å². The highest BCUT2D eigenvalue weighted by Crippen LogP contribution is 2.21. The van der Waals surface area contributed by atoms with Gasteiger partial charge in [0.1, 0.15) is 11.6 Å². The molecular weight excluding hydrogens is 172 g/mol. The van der Waals surface area contributed by atoms with E-state index in [0.717, 1.165) is 24.6 Å². The van der Waals surface area contributed by atoms with E-state index in [4.69, 9.17) is 0 Å². The second-order valence-corrected chi connectivity index (χ2v) is 3.51. The average Bonchev–Trinajstić information content (AvgIpc) is 2.06. The zero-order valence-corrected chi connectivity index (χ0v) is 7.48. The summed E-state index contributed by atoms with van der Waals surface area (Å²) in [4.78, 5) is 2.03. The largest absolute Gasteiger partial charge is 0.302 e. The summed E-state index contributed by atoms with van der Waals surface area (Å²) < 4.78 is 26.0. The monoisotopic (exact) mass is 183 g/mol. The molecule has 1 aliphatic heterocycles. The number of benzene rings is 1. The predicted octanol–water partition coefficient (Wildman–Crippen LogP) is 1.95. The first-order valence-electron chi connectivity index (χ1n) is 4.32. The van der Waals surface area contributed by atoms with Crippen LogP contribution >= 0.6 is 0 Å². The Kier molecular flexibility index (Phi) is 2.04. The van der Waals surface area contributed by atoms with Crippen LogP contribution in [-0.4, -0.2) is 18.5 Å². The van der Waals surface area contributed by atoms with E-state index in [9.17, 15) is 8.78 Å². The number of halogens is 2. The van der Waals surface area contributed by atoms with E-state index in [2.05, 4.69) is 0 Å². The Bertz CT molecular complexity index is 336. The third kappa shape index (κ3) is 1.56. The lowest BCUT2D eigenvalue weighted by Gasteiger charge is -2.25. The molecule has 0 atom stereocenters. The first-order chi connectivity index (χ1) is 6.16. The van der Waals surface area contributed by atoms with Gasteiger partial charge in [-0.15, -0.1) is 0 Å². The van der Waals surface area contributed by atoms with Gasteiger partial charge in [0.2, 0.25) is 0 Å². The van der Waals surface area contributed by atoms with Crippen molar-refractivity contribution < 1.29 is 8.78 Å². The Morgan fingerprint density at radius 3 is 2.85 bits per heavy atom. The second kappa shape index (κ2) is 3.07. The molecule has 1 aromatic carbocycles. The minimum absolute atomic E-state index is 0.415. The van der Waals surface area contributed by atoms with E-state index in [1.54, 1.807) is 0 Å². The summed E-state index contributed by atoms with van der Waals surface area (Å²) in [5.74, 6) is -0.887. The minimum atomic E-state index is -0.471. The van der Waals surface area contributed by atoms with Crippen LogP contribution in [0.3, 0.4) is 0 Å². The van der Waals surface area contributed by atoms with Gasteiger partial charge >= 0.3 is 0 Å². The molecule has 1 heterocycles. The molecule has 2 rings (SSSR count). The van der Waals surface area contributed by atoms with E-state index >= 15 is 0 Å². The molecule has 0 amide bonds. The van der Waals surface area contributed by atoms with Crippen molar-refractivity contribution >= 4 is 0 Å². The lowest BCUT2D eigenvalue weighted by atomic mass is 9.99. The summed E-state index contributed by atoms with van der Waals surface area (Å²) in [6.07, 6.45) is 0.737. The van der Waals surface area contributed by atoms with E-state index in [0.29, 0.717) is 12.1 Å². The van der Waals surface area contributed by atoms with E-state index in [-0.39, 0.29) is 0 Å². The first-order valence-corrected chi connectivity index (χ1v) is 4.32. The minimum Gasteiger partial charge on any atom is -0.302 e. The van der Waals surface area contributed by atoms with Gasteiger partial charge < -0.3 is 4.90 Å². The van der Waals surface area contributed by atoms with Crippen LogP contribution in [-0.2, 0) is 13.0 Å². The van der Waals surface area contributed by atoms with E-state index < -0.39 is 11.6 Å². The molecule has 0 aliphatic carbocycles. The van der Waals surface area contributed by atoms with Gasteiger partial charge in [-0.25, -0.2) is 8.78 Å². The number of fused-ring (bicyclic) bond motifs is 1. The van der Waals surface area contributed by atoms with Crippen LogP contribution in [0, 0.1) is 11.6 Å². The SMILES string of the molecule is CN1CCc2cc(F)cc(F)c2C1. The topological polar surface area (TPSA) is 3.24 Å². The Morgan fingerprint density at radius 2 is 2.08 bits per heavy atom. The number of hydrogen-bond acceptors (Lipinski definition) is 1. The molecular formula is C10H11F2N. The van der Waals surface area contributed by atoms with E-state index in [1.807, 2.05) is 11.9 Å². The maximum absolute atomic E-state index is 13.2. The molecule has 1 aromatic rings. The lowest BCUT2D eigenvalue weighted by molar-refractivity contribution is 0.304. The fourth-order valence-electron chi connectivity index (χ4n) is 1.72. The van der Waals surface area contributed by atoms with Crippen LogP contribution in [0.5, 0.6) is 0 Å². The molecule has 0 saturated heterocycles. The van der Waals surface area contributed by atoms with Gasteiger partial charge in [0.15, 0.2) is 0 Å². The standard InChI is InChI=1S/C10H11F2N/c1-13-3-2-7-4-8(11)5-10(12)9(7)6-13/h4-5H,2-3,6H2,1H3. The van der Waals surface area contributed by atoms with Crippen LogP contribution in [0.4, 0.5) is 8.78 Å². The number of hydrogen-bond donors (Lipinski definition) is 0. The molecule has 70 valence electrons. The molecule has 13 heavy (non-hydrogen) atoms. The molecule has 0 bridgehead atoms. The number of rotatable bonds is 0. The van der Waals surface area contributed by atoms with Crippen molar-refractivity contribution in [1.82, 2.24) is 4.90 Å². The molecule has 3 heteroatoms. The van der Waals surface area contributed by atoms with Crippen molar-refractivity contribution in [2.75, 3.05) is 13.6 Å². The third-order valence-corrected chi connectivity index (χ3v) is 2.44. The van der Waals surface area contributed by atoms with Gasteiger partial charge in [0.25, 0.3) is 0 Å². The molecule has 1 nitrogen and oxygen atoms in total. The molecule has 1 aliphatic rings. The van der Waals surface area contributed by atoms with Gasteiger partial charge in [0, 0.05) is 24.7 Å². The van der Waals surface area contributed by atoms with E-state index in [1.165, 1.54) is 6.07 Å². The fraction of sp³-hybridized carbons (Fsp3) is 0.400. The van der Waals surface area contributed by atoms with Crippen molar-refractivity contribution in [3.63, 3.8) is 0 Å². The fourth-order valence-corrected chi connectivity index (χ4v) is 1.72. The molecule has 0 aromatic heterocycles. The highest BCUT2D eigenvalue weighted by molar-refractivity contribution is 5.31. The normalized spacial score (nSPS) is 17.2. The maximum atomic E-state index is 13.2. The zero-order valence-electron chi connectivity index (χ0n) is 7.48. The van der Waals surface area contributed by atoms with Crippen LogP contribution in [0.25, 0.3) is 0 Å². The Balaban J connectivity index is 2.47. The summed E-state index contributed by atoms with van der Waals surface area (Å²) >= 11 is 0. The average molecular weight is 183 g/mol. The summed E-state index contributed by atoms with van der Waals surface area (Å²) in [5.41, 5.74) is 1.46. The number of likely N-dealkylation sites (N-methyl/N-ethyl adjacent to an activating group) is 1. The Hall–Kier alpha value is -0.960. The van der Waals surface area contributed by atoms with Crippen molar-refractivity contribution in [3.8, 4) is 0 Å². The van der Waals surface area contributed by atoms with Crippen molar-refractivity contribution in [3.05, 3.63) is 34.9 Å². The lowest BCUT2D eigenvalue weighted by Crippen LogP contribution is -2.27. The molecule has 0 spiro atoms. The van der Waals surface area contributed by atoms with Crippen molar-refractivity contribution in [2.45, 2.75) is 13.0 Å². The second-order valence-electron chi connectivity index (χ2n) is 3.51. The van der Waals surface area contributed by atoms with Crippen LogP contribution in [0.1, 0.15) is 11.1 Å². The quantitative estimate of drug-likeness (QED) is 0.594. The molecule has 0 radical (unpaired) electrons. The third-order valence-electron chi connectivity index (χ3n) is 2.44. The first kappa shape index (κ1) is 8.63. The highest BCUT2D eigenvalue weighted by Gasteiger charge is 2.17. The molecule has 0 N–H and O–H groups in total. The Morgan fingerprint density at radius 1 is 1.31 bits per heavy atom. The molecule has 0 unspecified atom stereocenters. The molecule has 0 fully saturated rings. The van der Waals surface area contributed by atoms with Crippen LogP contribution in [0.2, 0.25) is 0 Å². The summed E-state index contributed by atoms with van der Waals surface area (Å²) in [6, 6.07) is 2.39. The maximum Gasteiger partial charge on any atom is 0.130 e. The number of nitrogens with zero attached hydrogens (tertiary/aromatic N) is 1.